The summed E-state index contributed by atoms with van der Waals surface area (Å²) in [5.41, 5.74) is 2.62. The molecule has 0 aliphatic carbocycles. The van der Waals surface area contributed by atoms with E-state index in [2.05, 4.69) is 29.0 Å². The summed E-state index contributed by atoms with van der Waals surface area (Å²) in [4.78, 5) is 19.3. The zero-order chi connectivity index (χ0) is 18.5. The summed E-state index contributed by atoms with van der Waals surface area (Å²) >= 11 is 1.45. The lowest BCUT2D eigenvalue weighted by Crippen LogP contribution is -2.44. The standard InChI is InChI=1S/C19H25N3O3S/c1-13-8-22(9-14(2)25-13)10-17-12-26-19(20-17)21-18(23)16-6-4-15(5-7-16)11-24-3/h4-7,12-14H,8-11H2,1-3H3,(H,20,21,23). The summed E-state index contributed by atoms with van der Waals surface area (Å²) in [7, 11) is 1.65. The van der Waals surface area contributed by atoms with Crippen LogP contribution in [0.2, 0.25) is 0 Å². The maximum atomic E-state index is 12.4. The highest BCUT2D eigenvalue weighted by molar-refractivity contribution is 7.13. The lowest BCUT2D eigenvalue weighted by molar-refractivity contribution is -0.0707. The van der Waals surface area contributed by atoms with E-state index in [1.165, 1.54) is 11.3 Å². The molecule has 1 aliphatic rings. The predicted octanol–water partition coefficient (Wildman–Crippen LogP) is 3.15. The van der Waals surface area contributed by atoms with E-state index in [9.17, 15) is 4.79 Å². The second-order valence-corrected chi connectivity index (χ2v) is 7.54. The van der Waals surface area contributed by atoms with E-state index in [-0.39, 0.29) is 18.1 Å². The number of nitrogens with zero attached hydrogens (tertiary/aromatic N) is 2. The normalized spacial score (nSPS) is 20.9. The van der Waals surface area contributed by atoms with Crippen LogP contribution in [-0.4, -0.2) is 48.2 Å². The van der Waals surface area contributed by atoms with Crippen molar-refractivity contribution in [1.29, 1.82) is 0 Å². The number of hydrogen-bond acceptors (Lipinski definition) is 6. The summed E-state index contributed by atoms with van der Waals surface area (Å²) < 4.78 is 10.8. The Bertz CT molecular complexity index is 722. The summed E-state index contributed by atoms with van der Waals surface area (Å²) in [6.07, 6.45) is 0.468. The number of nitrogens with one attached hydrogen (secondary N) is 1. The van der Waals surface area contributed by atoms with Crippen molar-refractivity contribution in [1.82, 2.24) is 9.88 Å². The molecule has 26 heavy (non-hydrogen) atoms. The topological polar surface area (TPSA) is 63.7 Å². The first-order chi connectivity index (χ1) is 12.5. The molecule has 1 amide bonds. The average Bonchev–Trinajstić information content (AvgIpc) is 3.01. The second kappa shape index (κ2) is 8.73. The minimum atomic E-state index is -0.150. The number of morpholine rings is 1. The van der Waals surface area contributed by atoms with Crippen LogP contribution in [0, 0.1) is 0 Å². The third-order valence-corrected chi connectivity index (χ3v) is 4.99. The lowest BCUT2D eigenvalue weighted by Gasteiger charge is -2.34. The Morgan fingerprint density at radius 3 is 2.65 bits per heavy atom. The minimum absolute atomic E-state index is 0.150. The SMILES string of the molecule is COCc1ccc(C(=O)Nc2nc(CN3CC(C)OC(C)C3)cs2)cc1. The van der Waals surface area contributed by atoms with E-state index >= 15 is 0 Å². The van der Waals surface area contributed by atoms with Crippen LogP contribution in [0.3, 0.4) is 0 Å². The zero-order valence-corrected chi connectivity index (χ0v) is 16.2. The molecule has 2 aromatic rings. The van der Waals surface area contributed by atoms with Gasteiger partial charge in [-0.2, -0.15) is 0 Å². The number of carbonyl (C=O) groups excluding carboxylic acids is 1. The van der Waals surface area contributed by atoms with Crippen LogP contribution in [0.4, 0.5) is 5.13 Å². The maximum Gasteiger partial charge on any atom is 0.257 e. The average molecular weight is 375 g/mol. The highest BCUT2D eigenvalue weighted by atomic mass is 32.1. The van der Waals surface area contributed by atoms with Gasteiger partial charge in [-0.25, -0.2) is 4.98 Å². The number of aromatic nitrogens is 1. The molecule has 7 heteroatoms. The molecule has 1 saturated heterocycles. The molecule has 0 bridgehead atoms. The largest absolute Gasteiger partial charge is 0.380 e. The van der Waals surface area contributed by atoms with E-state index in [4.69, 9.17) is 9.47 Å². The monoisotopic (exact) mass is 375 g/mol. The van der Waals surface area contributed by atoms with Gasteiger partial charge in [0.25, 0.3) is 5.91 Å². The van der Waals surface area contributed by atoms with Gasteiger partial charge in [-0.3, -0.25) is 15.0 Å². The van der Waals surface area contributed by atoms with Crippen LogP contribution >= 0.6 is 11.3 Å². The van der Waals surface area contributed by atoms with Crippen molar-refractivity contribution in [3.05, 3.63) is 46.5 Å². The molecule has 1 aliphatic heterocycles. The van der Waals surface area contributed by atoms with Gasteiger partial charge in [0.15, 0.2) is 5.13 Å². The van der Waals surface area contributed by atoms with Gasteiger partial charge >= 0.3 is 0 Å². The minimum Gasteiger partial charge on any atom is -0.380 e. The van der Waals surface area contributed by atoms with Crippen molar-refractivity contribution in [2.45, 2.75) is 39.2 Å². The van der Waals surface area contributed by atoms with Crippen molar-refractivity contribution in [2.24, 2.45) is 0 Å². The van der Waals surface area contributed by atoms with Crippen LogP contribution in [0.15, 0.2) is 29.6 Å². The molecule has 2 unspecified atom stereocenters. The fourth-order valence-corrected chi connectivity index (χ4v) is 3.86. The first-order valence-electron chi connectivity index (χ1n) is 8.75. The van der Waals surface area contributed by atoms with Crippen molar-refractivity contribution in [3.63, 3.8) is 0 Å². The number of methoxy groups -OCH3 is 1. The smallest absolute Gasteiger partial charge is 0.257 e. The molecule has 1 fully saturated rings. The fraction of sp³-hybridized carbons (Fsp3) is 0.474. The molecule has 0 radical (unpaired) electrons. The van der Waals surface area contributed by atoms with Crippen LogP contribution in [0.25, 0.3) is 0 Å². The molecule has 1 N–H and O–H groups in total. The quantitative estimate of drug-likeness (QED) is 0.840. The van der Waals surface area contributed by atoms with Gasteiger partial charge in [0.2, 0.25) is 0 Å². The summed E-state index contributed by atoms with van der Waals surface area (Å²) in [6, 6.07) is 7.39. The molecule has 1 aromatic carbocycles. The number of hydrogen-bond donors (Lipinski definition) is 1. The molecular formula is C19H25N3O3S. The molecule has 1 aromatic heterocycles. The van der Waals surface area contributed by atoms with Crippen molar-refractivity contribution < 1.29 is 14.3 Å². The van der Waals surface area contributed by atoms with Crippen molar-refractivity contribution in [2.75, 3.05) is 25.5 Å². The molecule has 6 nitrogen and oxygen atoms in total. The summed E-state index contributed by atoms with van der Waals surface area (Å²) in [5, 5.41) is 5.51. The Labute approximate surface area is 158 Å². The number of anilines is 1. The number of rotatable bonds is 6. The van der Waals surface area contributed by atoms with Gasteiger partial charge in [0, 0.05) is 37.7 Å². The Hall–Kier alpha value is -1.80. The number of carbonyl (C=O) groups is 1. The Morgan fingerprint density at radius 2 is 2.00 bits per heavy atom. The Kier molecular flexibility index (Phi) is 6.37. The Morgan fingerprint density at radius 1 is 1.31 bits per heavy atom. The number of thiazole rings is 1. The molecule has 140 valence electrons. The molecular weight excluding hydrogens is 350 g/mol. The van der Waals surface area contributed by atoms with E-state index in [0.717, 1.165) is 30.9 Å². The molecule has 0 spiro atoms. The third-order valence-electron chi connectivity index (χ3n) is 4.18. The van der Waals surface area contributed by atoms with E-state index in [1.54, 1.807) is 19.2 Å². The van der Waals surface area contributed by atoms with Gasteiger partial charge in [0.1, 0.15) is 0 Å². The maximum absolute atomic E-state index is 12.4. The molecule has 2 atom stereocenters. The number of ether oxygens (including phenoxy) is 2. The van der Waals surface area contributed by atoms with E-state index in [0.29, 0.717) is 17.3 Å². The number of benzene rings is 1. The van der Waals surface area contributed by atoms with Gasteiger partial charge in [-0.15, -0.1) is 11.3 Å². The zero-order valence-electron chi connectivity index (χ0n) is 15.4. The predicted molar refractivity (Wildman–Crippen MR) is 103 cm³/mol. The van der Waals surface area contributed by atoms with Crippen LogP contribution in [0.5, 0.6) is 0 Å². The summed E-state index contributed by atoms with van der Waals surface area (Å²) in [6.45, 7) is 7.29. The number of amides is 1. The van der Waals surface area contributed by atoms with Crippen LogP contribution in [0.1, 0.15) is 35.5 Å². The van der Waals surface area contributed by atoms with Gasteiger partial charge < -0.3 is 9.47 Å². The first-order valence-corrected chi connectivity index (χ1v) is 9.63. The highest BCUT2D eigenvalue weighted by Gasteiger charge is 2.22. The summed E-state index contributed by atoms with van der Waals surface area (Å²) in [5.74, 6) is -0.150. The molecule has 3 rings (SSSR count). The van der Waals surface area contributed by atoms with Crippen molar-refractivity contribution >= 4 is 22.4 Å². The van der Waals surface area contributed by atoms with Gasteiger partial charge in [-0.1, -0.05) is 12.1 Å². The van der Waals surface area contributed by atoms with E-state index in [1.807, 2.05) is 17.5 Å². The molecule has 0 saturated carbocycles. The van der Waals surface area contributed by atoms with Gasteiger partial charge in [-0.05, 0) is 31.5 Å². The second-order valence-electron chi connectivity index (χ2n) is 6.68. The lowest BCUT2D eigenvalue weighted by atomic mass is 10.1. The first kappa shape index (κ1) is 19.0. The highest BCUT2D eigenvalue weighted by Crippen LogP contribution is 2.20. The fourth-order valence-electron chi connectivity index (χ4n) is 3.17. The van der Waals surface area contributed by atoms with E-state index < -0.39 is 0 Å². The molecule has 2 heterocycles. The third kappa shape index (κ3) is 5.11. The van der Waals surface area contributed by atoms with Crippen LogP contribution < -0.4 is 5.32 Å². The van der Waals surface area contributed by atoms with Crippen LogP contribution in [-0.2, 0) is 22.6 Å². The Balaban J connectivity index is 1.56. The van der Waals surface area contributed by atoms with Gasteiger partial charge in [0.05, 0.1) is 24.5 Å². The van der Waals surface area contributed by atoms with Crippen molar-refractivity contribution in [3.8, 4) is 0 Å².